The Morgan fingerprint density at radius 2 is 1.89 bits per heavy atom. The summed E-state index contributed by atoms with van der Waals surface area (Å²) in [4.78, 5) is 14.1. The van der Waals surface area contributed by atoms with Crippen LogP contribution in [0, 0.1) is 0 Å². The third kappa shape index (κ3) is 4.77. The van der Waals surface area contributed by atoms with E-state index in [1.807, 2.05) is 0 Å². The summed E-state index contributed by atoms with van der Waals surface area (Å²) in [5.74, 6) is 0.795. The quantitative estimate of drug-likeness (QED) is 0.738. The number of sulfone groups is 1. The highest BCUT2D eigenvalue weighted by Gasteiger charge is 2.33. The van der Waals surface area contributed by atoms with Crippen LogP contribution in [0.3, 0.4) is 0 Å². The normalized spacial score (nSPS) is 18.9. The molecule has 0 aromatic heterocycles. The molecular formula is C20H22ClNO5S. The first-order valence-electron chi connectivity index (χ1n) is 8.91. The van der Waals surface area contributed by atoms with Gasteiger partial charge in [0, 0.05) is 24.2 Å². The molecule has 1 aliphatic heterocycles. The number of hydrogen-bond donors (Lipinski definition) is 0. The van der Waals surface area contributed by atoms with Crippen LogP contribution in [-0.2, 0) is 14.6 Å². The molecule has 1 amide bonds. The number of halogens is 1. The van der Waals surface area contributed by atoms with Crippen LogP contribution in [0.5, 0.6) is 11.5 Å². The standard InChI is InChI=1S/C20H22ClNO5S/c1-26-15-5-4-6-16(13-15)27-14-20(23)22-10-9-19(28(24,25)12-11-22)17-7-2-3-8-18(17)21/h2-8,13,19H,9-12,14H2,1H3. The first-order chi connectivity index (χ1) is 13.4. The van der Waals surface area contributed by atoms with Crippen molar-refractivity contribution in [2.45, 2.75) is 11.7 Å². The molecule has 1 saturated heterocycles. The van der Waals surface area contributed by atoms with Gasteiger partial charge in [-0.05, 0) is 30.2 Å². The van der Waals surface area contributed by atoms with Crippen LogP contribution in [0.25, 0.3) is 0 Å². The van der Waals surface area contributed by atoms with E-state index < -0.39 is 15.1 Å². The largest absolute Gasteiger partial charge is 0.497 e. The van der Waals surface area contributed by atoms with Gasteiger partial charge in [-0.2, -0.15) is 0 Å². The minimum absolute atomic E-state index is 0.103. The molecule has 1 aliphatic rings. The number of hydrogen-bond acceptors (Lipinski definition) is 5. The van der Waals surface area contributed by atoms with Crippen molar-refractivity contribution in [2.75, 3.05) is 32.6 Å². The number of rotatable bonds is 5. The summed E-state index contributed by atoms with van der Waals surface area (Å²) < 4.78 is 36.1. The Morgan fingerprint density at radius 1 is 1.14 bits per heavy atom. The second-order valence-corrected chi connectivity index (χ2v) is 9.22. The monoisotopic (exact) mass is 423 g/mol. The van der Waals surface area contributed by atoms with Gasteiger partial charge in [-0.3, -0.25) is 4.79 Å². The van der Waals surface area contributed by atoms with Gasteiger partial charge in [0.1, 0.15) is 11.5 Å². The average molecular weight is 424 g/mol. The lowest BCUT2D eigenvalue weighted by Crippen LogP contribution is -2.37. The molecule has 2 aromatic carbocycles. The van der Waals surface area contributed by atoms with E-state index in [0.29, 0.717) is 35.1 Å². The second-order valence-electron chi connectivity index (χ2n) is 6.51. The van der Waals surface area contributed by atoms with Gasteiger partial charge in [0.15, 0.2) is 16.4 Å². The van der Waals surface area contributed by atoms with Crippen molar-refractivity contribution in [3.63, 3.8) is 0 Å². The zero-order valence-electron chi connectivity index (χ0n) is 15.5. The van der Waals surface area contributed by atoms with Gasteiger partial charge >= 0.3 is 0 Å². The van der Waals surface area contributed by atoms with Gasteiger partial charge in [-0.25, -0.2) is 8.42 Å². The van der Waals surface area contributed by atoms with Crippen LogP contribution in [0.2, 0.25) is 5.02 Å². The molecule has 3 rings (SSSR count). The fourth-order valence-corrected chi connectivity index (χ4v) is 5.35. The topological polar surface area (TPSA) is 72.9 Å². The van der Waals surface area contributed by atoms with Gasteiger partial charge in [0.25, 0.3) is 5.91 Å². The smallest absolute Gasteiger partial charge is 0.260 e. The SMILES string of the molecule is COc1cccc(OCC(=O)N2CCC(c3ccccc3Cl)S(=O)(=O)CC2)c1. The molecular weight excluding hydrogens is 402 g/mol. The lowest BCUT2D eigenvalue weighted by Gasteiger charge is -2.20. The Kier molecular flexibility index (Phi) is 6.46. The van der Waals surface area contributed by atoms with Gasteiger partial charge in [-0.1, -0.05) is 35.9 Å². The Bertz CT molecular complexity index is 947. The number of amides is 1. The summed E-state index contributed by atoms with van der Waals surface area (Å²) in [6.07, 6.45) is 0.303. The zero-order chi connectivity index (χ0) is 20.1. The van der Waals surface area contributed by atoms with Crippen molar-refractivity contribution in [3.05, 3.63) is 59.1 Å². The molecule has 2 aromatic rings. The van der Waals surface area contributed by atoms with Crippen LogP contribution in [-0.4, -0.2) is 51.8 Å². The van der Waals surface area contributed by atoms with Crippen LogP contribution < -0.4 is 9.47 Å². The number of carbonyl (C=O) groups excluding carboxylic acids is 1. The minimum Gasteiger partial charge on any atom is -0.497 e. The van der Waals surface area contributed by atoms with Gasteiger partial charge in [0.2, 0.25) is 0 Å². The Balaban J connectivity index is 1.66. The van der Waals surface area contributed by atoms with Crippen molar-refractivity contribution in [1.29, 1.82) is 0 Å². The van der Waals surface area contributed by atoms with Crippen molar-refractivity contribution in [3.8, 4) is 11.5 Å². The third-order valence-corrected chi connectivity index (χ3v) is 7.20. The molecule has 0 N–H and O–H groups in total. The van der Waals surface area contributed by atoms with E-state index >= 15 is 0 Å². The van der Waals surface area contributed by atoms with E-state index in [9.17, 15) is 13.2 Å². The maximum absolute atomic E-state index is 12.7. The first kappa shape index (κ1) is 20.5. The van der Waals surface area contributed by atoms with Crippen molar-refractivity contribution >= 4 is 27.3 Å². The predicted molar refractivity (Wildman–Crippen MR) is 108 cm³/mol. The molecule has 0 spiro atoms. The molecule has 0 aliphatic carbocycles. The summed E-state index contributed by atoms with van der Waals surface area (Å²) in [5, 5.41) is -0.282. The van der Waals surface area contributed by atoms with E-state index in [2.05, 4.69) is 0 Å². The number of carbonyl (C=O) groups is 1. The van der Waals surface area contributed by atoms with E-state index in [-0.39, 0.29) is 24.8 Å². The van der Waals surface area contributed by atoms with Crippen LogP contribution in [0.15, 0.2) is 48.5 Å². The number of ether oxygens (including phenoxy) is 2. The van der Waals surface area contributed by atoms with Gasteiger partial charge in [-0.15, -0.1) is 0 Å². The van der Waals surface area contributed by atoms with Crippen molar-refractivity contribution in [1.82, 2.24) is 4.90 Å². The Morgan fingerprint density at radius 3 is 2.64 bits per heavy atom. The molecule has 28 heavy (non-hydrogen) atoms. The fraction of sp³-hybridized carbons (Fsp3) is 0.350. The molecule has 150 valence electrons. The zero-order valence-corrected chi connectivity index (χ0v) is 17.1. The molecule has 1 unspecified atom stereocenters. The molecule has 0 bridgehead atoms. The summed E-state index contributed by atoms with van der Waals surface area (Å²) in [5.41, 5.74) is 0.589. The van der Waals surface area contributed by atoms with Crippen LogP contribution in [0.1, 0.15) is 17.2 Å². The molecule has 6 nitrogen and oxygen atoms in total. The maximum atomic E-state index is 12.7. The highest BCUT2D eigenvalue weighted by atomic mass is 35.5. The number of benzene rings is 2. The summed E-state index contributed by atoms with van der Waals surface area (Å²) in [6.45, 7) is 0.309. The Hall–Kier alpha value is -2.25. The van der Waals surface area contributed by atoms with E-state index in [1.54, 1.807) is 55.6 Å². The summed E-state index contributed by atoms with van der Waals surface area (Å²) in [6, 6.07) is 13.9. The van der Waals surface area contributed by atoms with Crippen LogP contribution in [0.4, 0.5) is 0 Å². The molecule has 8 heteroatoms. The lowest BCUT2D eigenvalue weighted by atomic mass is 10.1. The van der Waals surface area contributed by atoms with Crippen molar-refractivity contribution in [2.24, 2.45) is 0 Å². The molecule has 0 radical (unpaired) electrons. The predicted octanol–water partition coefficient (Wildman–Crippen LogP) is 3.12. The molecule has 1 heterocycles. The fourth-order valence-electron chi connectivity index (χ4n) is 3.21. The van der Waals surface area contributed by atoms with Gasteiger partial charge < -0.3 is 14.4 Å². The van der Waals surface area contributed by atoms with E-state index in [4.69, 9.17) is 21.1 Å². The Labute approximate surface area is 169 Å². The highest BCUT2D eigenvalue weighted by molar-refractivity contribution is 7.91. The molecule has 0 saturated carbocycles. The van der Waals surface area contributed by atoms with E-state index in [1.165, 1.54) is 4.90 Å². The number of nitrogens with zero attached hydrogens (tertiary/aromatic N) is 1. The molecule has 1 fully saturated rings. The minimum atomic E-state index is -3.41. The highest BCUT2D eigenvalue weighted by Crippen LogP contribution is 2.33. The average Bonchev–Trinajstić information content (AvgIpc) is 2.85. The second kappa shape index (κ2) is 8.84. The van der Waals surface area contributed by atoms with Crippen molar-refractivity contribution < 1.29 is 22.7 Å². The summed E-state index contributed by atoms with van der Waals surface area (Å²) >= 11 is 6.20. The maximum Gasteiger partial charge on any atom is 0.260 e. The first-order valence-corrected chi connectivity index (χ1v) is 11.0. The third-order valence-electron chi connectivity index (χ3n) is 4.75. The number of methoxy groups -OCH3 is 1. The molecule has 1 atom stereocenters. The van der Waals surface area contributed by atoms with Gasteiger partial charge in [0.05, 0.1) is 18.1 Å². The van der Waals surface area contributed by atoms with Crippen LogP contribution >= 0.6 is 11.6 Å². The lowest BCUT2D eigenvalue weighted by molar-refractivity contribution is -0.133. The summed E-state index contributed by atoms with van der Waals surface area (Å²) in [7, 11) is -1.86. The van der Waals surface area contributed by atoms with E-state index in [0.717, 1.165) is 0 Å².